The van der Waals surface area contributed by atoms with E-state index < -0.39 is 39.5 Å². The zero-order chi connectivity index (χ0) is 18.3. The maximum absolute atomic E-state index is 13.2. The largest absolute Gasteiger partial charge is 0.458 e. The third-order valence-corrected chi connectivity index (χ3v) is 6.46. The van der Waals surface area contributed by atoms with Gasteiger partial charge in [-0.25, -0.2) is 0 Å². The van der Waals surface area contributed by atoms with Crippen LogP contribution in [0.1, 0.15) is 46.0 Å². The number of carbonyl (C=O) groups excluding carboxylic acids is 1. The van der Waals surface area contributed by atoms with Gasteiger partial charge in [-0.3, -0.25) is 9.35 Å². The third kappa shape index (κ3) is 3.88. The van der Waals surface area contributed by atoms with Gasteiger partial charge in [0.1, 0.15) is 0 Å². The summed E-state index contributed by atoms with van der Waals surface area (Å²) in [5.41, 5.74) is -0.908. The molecule has 2 aliphatic carbocycles. The van der Waals surface area contributed by atoms with E-state index in [0.29, 0.717) is 19.3 Å². The van der Waals surface area contributed by atoms with Crippen molar-refractivity contribution >= 4 is 16.1 Å². The molecule has 0 radical (unpaired) electrons. The first-order chi connectivity index (χ1) is 10.9. The second-order valence-electron chi connectivity index (χ2n) is 7.31. The molecule has 9 heteroatoms. The Hall–Kier alpha value is -0.800. The number of hydrogen-bond acceptors (Lipinski definition) is 5. The number of rotatable bonds is 5. The molecule has 2 bridgehead atoms. The van der Waals surface area contributed by atoms with Crippen LogP contribution in [0.15, 0.2) is 0 Å². The summed E-state index contributed by atoms with van der Waals surface area (Å²) in [5, 5.41) is 6.05. The average Bonchev–Trinajstić information content (AvgIpc) is 2.47. The first-order valence-electron chi connectivity index (χ1n) is 8.11. The monoisotopic (exact) mass is 370 g/mol. The van der Waals surface area contributed by atoms with Gasteiger partial charge in [-0.1, -0.05) is 13.3 Å². The third-order valence-electron chi connectivity index (χ3n) is 5.58. The lowest BCUT2D eigenvalue weighted by atomic mass is 9.57. The first-order valence-corrected chi connectivity index (χ1v) is 9.55. The predicted molar refractivity (Wildman–Crippen MR) is 80.8 cm³/mol. The van der Waals surface area contributed by atoms with Crippen molar-refractivity contribution in [3.8, 4) is 0 Å². The van der Waals surface area contributed by atoms with Crippen LogP contribution < -0.4 is 0 Å². The molecule has 0 saturated heterocycles. The van der Waals surface area contributed by atoms with Crippen LogP contribution in [0, 0.1) is 23.7 Å². The van der Waals surface area contributed by atoms with E-state index >= 15 is 0 Å². The zero-order valence-electron chi connectivity index (χ0n) is 13.7. The fraction of sp³-hybridized carbons (Fsp3) is 0.933. The molecule has 5 atom stereocenters. The Balaban J connectivity index is 2.04. The molecule has 2 rings (SSSR count). The van der Waals surface area contributed by atoms with Gasteiger partial charge in [0, 0.05) is 0 Å². The number of aliphatic hydroxyl groups is 1. The molecule has 0 spiro atoms. The number of carbonyl (C=O) groups is 1. The average molecular weight is 370 g/mol. The van der Waals surface area contributed by atoms with Crippen molar-refractivity contribution in [1.82, 2.24) is 0 Å². The quantitative estimate of drug-likeness (QED) is 0.568. The van der Waals surface area contributed by atoms with Crippen LogP contribution in [0.25, 0.3) is 0 Å². The maximum Gasteiger partial charge on any atom is 0.402 e. The second-order valence-corrected chi connectivity index (χ2v) is 8.86. The number of fused-ring (bicyclic) bond motifs is 2. The van der Waals surface area contributed by atoms with Crippen molar-refractivity contribution in [3.63, 3.8) is 0 Å². The normalized spacial score (nSPS) is 37.1. The molecule has 0 aromatic rings. The molecule has 0 aromatic heterocycles. The number of alkyl halides is 2. The smallest absolute Gasteiger partial charge is 0.402 e. The lowest BCUT2D eigenvalue weighted by molar-refractivity contribution is -0.163. The summed E-state index contributed by atoms with van der Waals surface area (Å²) >= 11 is 0. The van der Waals surface area contributed by atoms with Gasteiger partial charge in [-0.2, -0.15) is 17.2 Å². The van der Waals surface area contributed by atoms with Crippen LogP contribution in [0.2, 0.25) is 0 Å². The van der Waals surface area contributed by atoms with E-state index in [0.717, 1.165) is 12.8 Å². The molecule has 0 aliphatic heterocycles. The Bertz CT molecular complexity index is 589. The lowest BCUT2D eigenvalue weighted by Crippen LogP contribution is -2.49. The van der Waals surface area contributed by atoms with Crippen LogP contribution >= 0.6 is 0 Å². The molecule has 6 nitrogen and oxygen atoms in total. The van der Waals surface area contributed by atoms with Crippen molar-refractivity contribution < 1.29 is 36.4 Å². The highest BCUT2D eigenvalue weighted by atomic mass is 32.2. The van der Waals surface area contributed by atoms with Gasteiger partial charge in [0.05, 0.1) is 11.5 Å². The topological polar surface area (TPSA) is 101 Å². The van der Waals surface area contributed by atoms with Gasteiger partial charge in [-0.05, 0) is 50.4 Å². The summed E-state index contributed by atoms with van der Waals surface area (Å²) in [7, 11) is -5.63. The predicted octanol–water partition coefficient (Wildman–Crippen LogP) is 2.22. The minimum absolute atomic E-state index is 0.112. The Morgan fingerprint density at radius 3 is 2.50 bits per heavy atom. The SMILES string of the molecule is CCC1CC(C)(O)C2CC(C(=O)OCC(F)(F)S(=O)(=O)O)CC1C2. The minimum Gasteiger partial charge on any atom is -0.458 e. The minimum atomic E-state index is -5.63. The van der Waals surface area contributed by atoms with E-state index in [4.69, 9.17) is 4.55 Å². The zero-order valence-corrected chi connectivity index (χ0v) is 14.6. The molecule has 2 N–H and O–H groups in total. The van der Waals surface area contributed by atoms with Crippen molar-refractivity contribution in [2.75, 3.05) is 6.61 Å². The highest BCUT2D eigenvalue weighted by Crippen LogP contribution is 2.51. The lowest BCUT2D eigenvalue weighted by Gasteiger charge is -2.50. The number of ether oxygens (including phenoxy) is 1. The van der Waals surface area contributed by atoms with Gasteiger partial charge in [0.25, 0.3) is 0 Å². The summed E-state index contributed by atoms with van der Waals surface area (Å²) in [4.78, 5) is 12.1. The molecule has 0 aromatic carbocycles. The summed E-state index contributed by atoms with van der Waals surface area (Å²) in [6, 6.07) is 0. The van der Waals surface area contributed by atoms with E-state index in [9.17, 15) is 27.1 Å². The van der Waals surface area contributed by atoms with Crippen LogP contribution in [0.3, 0.4) is 0 Å². The Morgan fingerprint density at radius 1 is 1.33 bits per heavy atom. The van der Waals surface area contributed by atoms with Crippen molar-refractivity contribution in [1.29, 1.82) is 0 Å². The van der Waals surface area contributed by atoms with Crippen molar-refractivity contribution in [3.05, 3.63) is 0 Å². The van der Waals surface area contributed by atoms with Gasteiger partial charge in [0.2, 0.25) is 0 Å². The molecule has 2 saturated carbocycles. The first kappa shape index (κ1) is 19.5. The summed E-state index contributed by atoms with van der Waals surface area (Å²) < 4.78 is 60.3. The van der Waals surface area contributed by atoms with E-state index in [1.54, 1.807) is 6.92 Å². The highest BCUT2D eigenvalue weighted by Gasteiger charge is 2.50. The van der Waals surface area contributed by atoms with E-state index in [1.807, 2.05) is 6.92 Å². The standard InChI is InChI=1S/C15H24F2O6S/c1-3-9-7-14(2,19)12-5-10(9)4-11(6-12)13(18)23-8-15(16,17)24(20,21)22/h9-12,19H,3-8H2,1-2H3,(H,20,21,22). The summed E-state index contributed by atoms with van der Waals surface area (Å²) in [5.74, 6) is -1.19. The van der Waals surface area contributed by atoms with Gasteiger partial charge in [0.15, 0.2) is 6.61 Å². The van der Waals surface area contributed by atoms with Crippen LogP contribution in [0.5, 0.6) is 0 Å². The summed E-state index contributed by atoms with van der Waals surface area (Å²) in [6.45, 7) is 2.04. The fourth-order valence-corrected chi connectivity index (χ4v) is 4.35. The second kappa shape index (κ2) is 6.49. The van der Waals surface area contributed by atoms with Crippen LogP contribution in [-0.4, -0.2) is 41.5 Å². The fourth-order valence-electron chi connectivity index (χ4n) is 4.14. The number of hydrogen-bond donors (Lipinski definition) is 2. The highest BCUT2D eigenvalue weighted by molar-refractivity contribution is 7.86. The molecule has 2 aliphatic rings. The number of esters is 1. The Kier molecular flexibility index (Phi) is 5.28. The van der Waals surface area contributed by atoms with E-state index in [2.05, 4.69) is 4.74 Å². The maximum atomic E-state index is 13.2. The summed E-state index contributed by atoms with van der Waals surface area (Å²) in [6.07, 6.45) is 3.12. The van der Waals surface area contributed by atoms with Crippen molar-refractivity contribution in [2.45, 2.75) is 56.8 Å². The van der Waals surface area contributed by atoms with E-state index in [-0.39, 0.29) is 17.8 Å². The van der Waals surface area contributed by atoms with Crippen LogP contribution in [0.4, 0.5) is 8.78 Å². The molecule has 0 amide bonds. The van der Waals surface area contributed by atoms with Crippen molar-refractivity contribution in [2.24, 2.45) is 23.7 Å². The molecular formula is C15H24F2O6S. The Morgan fingerprint density at radius 2 is 1.96 bits per heavy atom. The molecule has 5 unspecified atom stereocenters. The van der Waals surface area contributed by atoms with Crippen LogP contribution in [-0.2, 0) is 19.6 Å². The molecule has 24 heavy (non-hydrogen) atoms. The Labute approximate surface area is 140 Å². The number of halogens is 2. The van der Waals surface area contributed by atoms with Gasteiger partial charge < -0.3 is 9.84 Å². The van der Waals surface area contributed by atoms with E-state index in [1.165, 1.54) is 0 Å². The molecule has 2 fully saturated rings. The van der Waals surface area contributed by atoms with Gasteiger partial charge in [-0.15, -0.1) is 0 Å². The molecule has 0 heterocycles. The molecular weight excluding hydrogens is 346 g/mol. The van der Waals surface area contributed by atoms with Gasteiger partial charge >= 0.3 is 21.3 Å². The molecule has 140 valence electrons.